The average molecular weight is 344 g/mol. The van der Waals surface area contributed by atoms with Crippen molar-refractivity contribution >= 4 is 5.78 Å². The van der Waals surface area contributed by atoms with Gasteiger partial charge in [0.25, 0.3) is 0 Å². The molecule has 0 unspecified atom stereocenters. The smallest absolute Gasteiger partial charge is 0.230 e. The highest BCUT2D eigenvalue weighted by atomic mass is 17.3. The lowest BCUT2D eigenvalue weighted by Gasteiger charge is -2.61. The van der Waals surface area contributed by atoms with Gasteiger partial charge >= 0.3 is 0 Å². The SMILES string of the molecule is C=C(C)[C@@H]1CC[C@@]23CO[C@@]4(OO2)C2=C(C(=O)C(C)=C[C@@H]1[C@@H]23)[C@H](O)[C@H]4C. The molecule has 3 aliphatic carbocycles. The summed E-state index contributed by atoms with van der Waals surface area (Å²) in [5.41, 5.74) is 2.55. The predicted molar refractivity (Wildman–Crippen MR) is 89.1 cm³/mol. The summed E-state index contributed by atoms with van der Waals surface area (Å²) < 4.78 is 6.16. The maximum atomic E-state index is 13.1. The lowest BCUT2D eigenvalue weighted by molar-refractivity contribution is -0.543. The summed E-state index contributed by atoms with van der Waals surface area (Å²) in [4.78, 5) is 24.8. The molecule has 0 radical (unpaired) electrons. The molecule has 3 aliphatic heterocycles. The Morgan fingerprint density at radius 3 is 2.80 bits per heavy atom. The van der Waals surface area contributed by atoms with Gasteiger partial charge in [-0.25, -0.2) is 4.89 Å². The average Bonchev–Trinajstić information content (AvgIpc) is 2.73. The monoisotopic (exact) mass is 344 g/mol. The second-order valence-corrected chi connectivity index (χ2v) is 8.47. The van der Waals surface area contributed by atoms with Crippen LogP contribution in [0.4, 0.5) is 0 Å². The summed E-state index contributed by atoms with van der Waals surface area (Å²) in [5.74, 6) is -1.20. The van der Waals surface area contributed by atoms with Crippen LogP contribution in [0.2, 0.25) is 0 Å². The molecular weight excluding hydrogens is 320 g/mol. The fraction of sp³-hybridized carbons (Fsp3) is 0.650. The third kappa shape index (κ3) is 1.66. The Balaban J connectivity index is 1.80. The molecule has 0 amide bonds. The third-order valence-electron chi connectivity index (χ3n) is 7.18. The number of ketones is 1. The fourth-order valence-corrected chi connectivity index (χ4v) is 5.85. The van der Waals surface area contributed by atoms with E-state index in [9.17, 15) is 9.90 Å². The van der Waals surface area contributed by atoms with Crippen LogP contribution in [0.5, 0.6) is 0 Å². The first-order chi connectivity index (χ1) is 11.8. The molecule has 7 atom stereocenters. The van der Waals surface area contributed by atoms with Gasteiger partial charge in [-0.3, -0.25) is 4.79 Å². The highest BCUT2D eigenvalue weighted by Crippen LogP contribution is 2.65. The molecule has 0 aromatic heterocycles. The number of carbonyl (C=O) groups excluding carboxylic acids is 1. The minimum absolute atomic E-state index is 0.0125. The van der Waals surface area contributed by atoms with Gasteiger partial charge in [0, 0.05) is 23.0 Å². The summed E-state index contributed by atoms with van der Waals surface area (Å²) in [6.07, 6.45) is 2.91. The Hall–Kier alpha value is -1.27. The zero-order valence-electron chi connectivity index (χ0n) is 14.9. The number of carbonyl (C=O) groups is 1. The van der Waals surface area contributed by atoms with Gasteiger partial charge in [0.2, 0.25) is 5.79 Å². The number of aliphatic hydroxyl groups is 1. The number of fused-ring (bicyclic) bond motifs is 2. The summed E-state index contributed by atoms with van der Waals surface area (Å²) in [5, 5.41) is 10.9. The lowest BCUT2D eigenvalue weighted by Crippen LogP contribution is -2.68. The Kier molecular flexibility index (Phi) is 3.00. The van der Waals surface area contributed by atoms with E-state index in [1.807, 2.05) is 13.8 Å². The second-order valence-electron chi connectivity index (χ2n) is 8.47. The molecule has 6 rings (SSSR count). The van der Waals surface area contributed by atoms with E-state index in [4.69, 9.17) is 14.5 Å². The number of allylic oxidation sites excluding steroid dienone is 3. The third-order valence-corrected chi connectivity index (χ3v) is 7.18. The predicted octanol–water partition coefficient (Wildman–Crippen LogP) is 2.47. The lowest BCUT2D eigenvalue weighted by atomic mass is 9.58. The van der Waals surface area contributed by atoms with Gasteiger partial charge in [0.1, 0.15) is 5.60 Å². The summed E-state index contributed by atoms with van der Waals surface area (Å²) in [6.45, 7) is 10.4. The van der Waals surface area contributed by atoms with Crippen molar-refractivity contribution in [3.8, 4) is 0 Å². The van der Waals surface area contributed by atoms with Gasteiger partial charge in [0.15, 0.2) is 5.78 Å². The van der Waals surface area contributed by atoms with Crippen LogP contribution in [0.15, 0.2) is 34.9 Å². The van der Waals surface area contributed by atoms with Gasteiger partial charge < -0.3 is 9.84 Å². The largest absolute Gasteiger partial charge is 0.388 e. The van der Waals surface area contributed by atoms with E-state index in [0.717, 1.165) is 24.0 Å². The number of Topliss-reactive ketones (excluding diaryl/α,β-unsaturated/α-hetero) is 1. The molecule has 5 heteroatoms. The van der Waals surface area contributed by atoms with Crippen molar-refractivity contribution < 1.29 is 24.4 Å². The molecule has 2 spiro atoms. The molecule has 6 aliphatic rings. The van der Waals surface area contributed by atoms with Gasteiger partial charge in [-0.1, -0.05) is 25.2 Å². The number of hydrogen-bond acceptors (Lipinski definition) is 5. The molecule has 1 saturated carbocycles. The van der Waals surface area contributed by atoms with Crippen LogP contribution in [0.3, 0.4) is 0 Å². The standard InChI is InChI=1S/C20H24O5/c1-9(2)12-5-6-19-8-23-20(25-24-19)11(4)18(22)14-16(20)15(19)13(12)7-10(3)17(14)21/h7,11-13,15,18,22H,1,5-6,8H2,2-4H3/t11-,12+,13+,15+,18-,19+,20+/m1/s1. The number of hydrogen-bond donors (Lipinski definition) is 1. The Labute approximate surface area is 147 Å². The summed E-state index contributed by atoms with van der Waals surface area (Å²) >= 11 is 0. The van der Waals surface area contributed by atoms with Crippen molar-refractivity contribution in [2.75, 3.05) is 6.61 Å². The highest BCUT2D eigenvalue weighted by molar-refractivity contribution is 6.10. The molecule has 134 valence electrons. The first-order valence-corrected chi connectivity index (χ1v) is 9.14. The topological polar surface area (TPSA) is 65.0 Å². The number of ether oxygens (including phenoxy) is 1. The minimum atomic E-state index is -1.13. The summed E-state index contributed by atoms with van der Waals surface area (Å²) in [6, 6.07) is 0. The van der Waals surface area contributed by atoms with Crippen molar-refractivity contribution in [1.82, 2.24) is 0 Å². The van der Waals surface area contributed by atoms with Crippen LogP contribution in [0.1, 0.15) is 33.6 Å². The van der Waals surface area contributed by atoms with E-state index in [1.54, 1.807) is 0 Å². The van der Waals surface area contributed by atoms with E-state index in [1.165, 1.54) is 0 Å². The molecule has 2 bridgehead atoms. The van der Waals surface area contributed by atoms with Crippen molar-refractivity contribution in [1.29, 1.82) is 0 Å². The van der Waals surface area contributed by atoms with E-state index >= 15 is 0 Å². The summed E-state index contributed by atoms with van der Waals surface area (Å²) in [7, 11) is 0. The van der Waals surface area contributed by atoms with Gasteiger partial charge in [-0.15, -0.1) is 0 Å². The zero-order chi connectivity index (χ0) is 17.7. The van der Waals surface area contributed by atoms with Crippen LogP contribution in [0, 0.1) is 23.7 Å². The first kappa shape index (κ1) is 15.9. The minimum Gasteiger partial charge on any atom is -0.388 e. The van der Waals surface area contributed by atoms with E-state index < -0.39 is 17.5 Å². The molecule has 3 heterocycles. The van der Waals surface area contributed by atoms with Gasteiger partial charge in [-0.2, -0.15) is 4.89 Å². The fourth-order valence-electron chi connectivity index (χ4n) is 5.85. The maximum Gasteiger partial charge on any atom is 0.230 e. The van der Waals surface area contributed by atoms with E-state index in [-0.39, 0.29) is 23.5 Å². The van der Waals surface area contributed by atoms with Crippen molar-refractivity contribution in [2.24, 2.45) is 23.7 Å². The molecule has 1 N–H and O–H groups in total. The Bertz CT molecular complexity index is 752. The normalized spacial score (nSPS) is 50.5. The highest BCUT2D eigenvalue weighted by Gasteiger charge is 2.72. The van der Waals surface area contributed by atoms with Crippen molar-refractivity contribution in [3.05, 3.63) is 34.9 Å². The van der Waals surface area contributed by atoms with E-state index in [2.05, 4.69) is 19.6 Å². The van der Waals surface area contributed by atoms with Crippen molar-refractivity contribution in [2.45, 2.75) is 51.1 Å². The number of rotatable bonds is 1. The van der Waals surface area contributed by atoms with Crippen LogP contribution < -0.4 is 0 Å². The molecule has 25 heavy (non-hydrogen) atoms. The quantitative estimate of drug-likeness (QED) is 0.585. The van der Waals surface area contributed by atoms with Crippen LogP contribution >= 0.6 is 0 Å². The molecule has 5 nitrogen and oxygen atoms in total. The first-order valence-electron chi connectivity index (χ1n) is 9.14. The van der Waals surface area contributed by atoms with Crippen LogP contribution in [0.25, 0.3) is 0 Å². The molecule has 0 aromatic carbocycles. The molecule has 3 saturated heterocycles. The van der Waals surface area contributed by atoms with Gasteiger partial charge in [-0.05, 0) is 44.1 Å². The van der Waals surface area contributed by atoms with E-state index in [0.29, 0.717) is 23.7 Å². The maximum absolute atomic E-state index is 13.1. The van der Waals surface area contributed by atoms with Crippen LogP contribution in [-0.4, -0.2) is 35.0 Å². The Morgan fingerprint density at radius 1 is 1.40 bits per heavy atom. The number of aliphatic hydroxyl groups excluding tert-OH is 1. The zero-order valence-corrected chi connectivity index (χ0v) is 14.9. The molecule has 0 aromatic rings. The molecular formula is C20H24O5. The van der Waals surface area contributed by atoms with Gasteiger partial charge in [0.05, 0.1) is 12.7 Å². The Morgan fingerprint density at radius 2 is 2.16 bits per heavy atom. The van der Waals surface area contributed by atoms with Crippen LogP contribution in [-0.2, 0) is 19.3 Å². The second kappa shape index (κ2) is 4.71. The molecule has 4 fully saturated rings. The van der Waals surface area contributed by atoms with Crippen molar-refractivity contribution in [3.63, 3.8) is 0 Å².